The largest absolute Gasteiger partial charge is 0.337 e. The van der Waals surface area contributed by atoms with Crippen molar-refractivity contribution < 1.29 is 4.79 Å². The Kier molecular flexibility index (Phi) is 3.41. The lowest BCUT2D eigenvalue weighted by Crippen LogP contribution is -2.52. The van der Waals surface area contributed by atoms with E-state index in [4.69, 9.17) is 4.98 Å². The highest BCUT2D eigenvalue weighted by atomic mass is 16.2. The molecule has 7 heteroatoms. The van der Waals surface area contributed by atoms with Crippen molar-refractivity contribution in [3.8, 4) is 0 Å². The van der Waals surface area contributed by atoms with E-state index in [0.29, 0.717) is 19.0 Å². The summed E-state index contributed by atoms with van der Waals surface area (Å²) in [6.45, 7) is 1.30. The number of hydrogen-bond donors (Lipinski definition) is 0. The van der Waals surface area contributed by atoms with Crippen molar-refractivity contribution >= 4 is 16.9 Å². The summed E-state index contributed by atoms with van der Waals surface area (Å²) in [6.07, 6.45) is 3.91. The van der Waals surface area contributed by atoms with Gasteiger partial charge in [0.15, 0.2) is 0 Å². The van der Waals surface area contributed by atoms with Gasteiger partial charge >= 0.3 is 0 Å². The van der Waals surface area contributed by atoms with Crippen LogP contribution in [0.5, 0.6) is 0 Å². The molecule has 1 aromatic carbocycles. The van der Waals surface area contributed by atoms with E-state index in [-0.39, 0.29) is 24.1 Å². The average molecular weight is 349 g/mol. The average Bonchev–Trinajstić information content (AvgIpc) is 3.38. The minimum Gasteiger partial charge on any atom is -0.337 e. The molecule has 3 aromatic rings. The van der Waals surface area contributed by atoms with Crippen molar-refractivity contribution in [3.63, 3.8) is 0 Å². The van der Waals surface area contributed by atoms with Crippen LogP contribution in [0.4, 0.5) is 0 Å². The molecule has 26 heavy (non-hydrogen) atoms. The molecular weight excluding hydrogens is 330 g/mol. The Morgan fingerprint density at radius 2 is 1.92 bits per heavy atom. The van der Waals surface area contributed by atoms with Gasteiger partial charge in [0.05, 0.1) is 17.1 Å². The molecule has 1 aliphatic carbocycles. The van der Waals surface area contributed by atoms with E-state index in [1.54, 1.807) is 11.0 Å². The predicted octanol–water partition coefficient (Wildman–Crippen LogP) is 1.55. The van der Waals surface area contributed by atoms with Crippen LogP contribution in [0.3, 0.4) is 0 Å². The topological polar surface area (TPSA) is 73.0 Å². The van der Waals surface area contributed by atoms with Gasteiger partial charge in [-0.1, -0.05) is 12.1 Å². The van der Waals surface area contributed by atoms with Crippen LogP contribution in [-0.4, -0.2) is 43.2 Å². The van der Waals surface area contributed by atoms with Crippen molar-refractivity contribution in [2.45, 2.75) is 31.3 Å². The van der Waals surface area contributed by atoms with Crippen LogP contribution in [0.1, 0.15) is 30.6 Å². The highest BCUT2D eigenvalue weighted by Gasteiger charge is 2.37. The Labute approximate surface area is 149 Å². The first-order chi connectivity index (χ1) is 12.7. The van der Waals surface area contributed by atoms with Crippen LogP contribution >= 0.6 is 0 Å². The number of benzene rings is 1. The Morgan fingerprint density at radius 3 is 2.69 bits per heavy atom. The second-order valence-corrected chi connectivity index (χ2v) is 7.08. The minimum atomic E-state index is -0.255. The fourth-order valence-corrected chi connectivity index (χ4v) is 3.63. The summed E-state index contributed by atoms with van der Waals surface area (Å²) < 4.78 is 3.53. The van der Waals surface area contributed by atoms with Gasteiger partial charge in [-0.3, -0.25) is 9.59 Å². The van der Waals surface area contributed by atoms with Crippen LogP contribution in [0.2, 0.25) is 0 Å². The molecule has 0 bridgehead atoms. The molecule has 2 aromatic heterocycles. The Bertz CT molecular complexity index is 1040. The van der Waals surface area contributed by atoms with Crippen molar-refractivity contribution in [2.75, 3.05) is 13.1 Å². The third-order valence-electron chi connectivity index (χ3n) is 5.22. The Balaban J connectivity index is 1.35. The smallest absolute Gasteiger partial charge is 0.267 e. The van der Waals surface area contributed by atoms with Gasteiger partial charge in [0.2, 0.25) is 5.91 Å². The van der Waals surface area contributed by atoms with Crippen LogP contribution in [0, 0.1) is 0 Å². The molecule has 132 valence electrons. The van der Waals surface area contributed by atoms with Crippen molar-refractivity contribution in [3.05, 3.63) is 58.8 Å². The molecule has 1 amide bonds. The van der Waals surface area contributed by atoms with E-state index in [2.05, 4.69) is 15.7 Å². The fourth-order valence-electron chi connectivity index (χ4n) is 3.63. The molecule has 1 saturated carbocycles. The van der Waals surface area contributed by atoms with Gasteiger partial charge in [-0.2, -0.15) is 5.10 Å². The van der Waals surface area contributed by atoms with E-state index in [9.17, 15) is 9.59 Å². The lowest BCUT2D eigenvalue weighted by Gasteiger charge is -2.41. The maximum Gasteiger partial charge on any atom is 0.267 e. The van der Waals surface area contributed by atoms with Gasteiger partial charge in [0.1, 0.15) is 12.4 Å². The molecule has 3 heterocycles. The van der Waals surface area contributed by atoms with E-state index in [0.717, 1.165) is 16.9 Å². The summed E-state index contributed by atoms with van der Waals surface area (Å²) in [4.78, 5) is 30.8. The van der Waals surface area contributed by atoms with Crippen molar-refractivity contribution in [1.29, 1.82) is 0 Å². The van der Waals surface area contributed by atoms with Gasteiger partial charge in [-0.05, 0) is 31.0 Å². The zero-order valence-electron chi connectivity index (χ0n) is 14.3. The lowest BCUT2D eigenvalue weighted by molar-refractivity contribution is -0.137. The molecule has 0 spiro atoms. The second-order valence-electron chi connectivity index (χ2n) is 7.08. The van der Waals surface area contributed by atoms with E-state index >= 15 is 0 Å². The molecular formula is C19H19N5O2. The van der Waals surface area contributed by atoms with Gasteiger partial charge in [0, 0.05) is 31.3 Å². The van der Waals surface area contributed by atoms with Crippen LogP contribution in [0.25, 0.3) is 11.0 Å². The fraction of sp³-hybridized carbons (Fsp3) is 0.368. The number of carbonyl (C=O) groups excluding carboxylic acids is 1. The number of carbonyl (C=O) groups is 1. The quantitative estimate of drug-likeness (QED) is 0.716. The number of aromatic nitrogens is 4. The van der Waals surface area contributed by atoms with E-state index in [1.807, 2.05) is 18.2 Å². The minimum absolute atomic E-state index is 0.00739. The first-order valence-corrected chi connectivity index (χ1v) is 8.97. The normalized spacial score (nSPS) is 17.5. The van der Waals surface area contributed by atoms with Crippen LogP contribution in [-0.2, 0) is 11.3 Å². The third kappa shape index (κ3) is 2.51. The summed E-state index contributed by atoms with van der Waals surface area (Å²) in [6, 6.07) is 11.4. The Hall–Kier alpha value is -2.96. The molecule has 1 aliphatic heterocycles. The summed E-state index contributed by atoms with van der Waals surface area (Å²) in [5.41, 5.74) is 1.92. The summed E-state index contributed by atoms with van der Waals surface area (Å²) in [7, 11) is 0. The molecule has 0 unspecified atom stereocenters. The molecule has 1 saturated heterocycles. The predicted molar refractivity (Wildman–Crippen MR) is 95.8 cm³/mol. The number of para-hydroxylation sites is 2. The highest BCUT2D eigenvalue weighted by Crippen LogP contribution is 2.42. The molecule has 0 atom stereocenters. The standard InChI is InChI=1S/C19H19N5O2/c25-17-6-3-9-20-23(17)12-18(26)22-10-14(11-22)24-16-5-2-1-4-15(16)21-19(24)13-7-8-13/h1-6,9,13-14H,7-8,10-12H2. The highest BCUT2D eigenvalue weighted by molar-refractivity contribution is 5.78. The summed E-state index contributed by atoms with van der Waals surface area (Å²) in [5, 5.41) is 3.96. The van der Waals surface area contributed by atoms with E-state index in [1.165, 1.54) is 29.8 Å². The summed E-state index contributed by atoms with van der Waals surface area (Å²) >= 11 is 0. The first kappa shape index (κ1) is 15.3. The molecule has 7 nitrogen and oxygen atoms in total. The first-order valence-electron chi connectivity index (χ1n) is 8.97. The number of fused-ring (bicyclic) bond motifs is 1. The van der Waals surface area contributed by atoms with Gasteiger partial charge in [-0.25, -0.2) is 9.67 Å². The number of nitrogens with zero attached hydrogens (tertiary/aromatic N) is 5. The molecule has 5 rings (SSSR count). The van der Waals surface area contributed by atoms with Gasteiger partial charge < -0.3 is 9.47 Å². The number of rotatable bonds is 4. The lowest BCUT2D eigenvalue weighted by atomic mass is 10.1. The number of amides is 1. The zero-order valence-corrected chi connectivity index (χ0v) is 14.3. The number of hydrogen-bond acceptors (Lipinski definition) is 4. The summed E-state index contributed by atoms with van der Waals surface area (Å²) in [5.74, 6) is 1.64. The van der Waals surface area contributed by atoms with Gasteiger partial charge in [-0.15, -0.1) is 0 Å². The van der Waals surface area contributed by atoms with Crippen molar-refractivity contribution in [2.24, 2.45) is 0 Å². The maximum absolute atomic E-state index is 12.5. The van der Waals surface area contributed by atoms with E-state index < -0.39 is 0 Å². The molecule has 0 radical (unpaired) electrons. The zero-order chi connectivity index (χ0) is 17.7. The third-order valence-corrected chi connectivity index (χ3v) is 5.22. The molecule has 0 N–H and O–H groups in total. The molecule has 2 aliphatic rings. The van der Waals surface area contributed by atoms with Crippen molar-refractivity contribution in [1.82, 2.24) is 24.2 Å². The number of likely N-dealkylation sites (tertiary alicyclic amines) is 1. The Morgan fingerprint density at radius 1 is 1.12 bits per heavy atom. The SMILES string of the molecule is O=C(Cn1ncccc1=O)N1CC(n2c(C3CC3)nc3ccccc32)C1. The van der Waals surface area contributed by atoms with Crippen LogP contribution < -0.4 is 5.56 Å². The second kappa shape index (κ2) is 5.79. The van der Waals surface area contributed by atoms with Crippen LogP contribution in [0.15, 0.2) is 47.4 Å². The maximum atomic E-state index is 12.5. The number of imidazole rings is 1. The monoisotopic (exact) mass is 349 g/mol. The molecule has 2 fully saturated rings. The van der Waals surface area contributed by atoms with Gasteiger partial charge in [0.25, 0.3) is 5.56 Å².